The lowest BCUT2D eigenvalue weighted by Crippen LogP contribution is -2.24. The fourth-order valence-corrected chi connectivity index (χ4v) is 0.776. The van der Waals surface area contributed by atoms with Crippen molar-refractivity contribution in [1.82, 2.24) is 0 Å². The zero-order chi connectivity index (χ0) is 10.1. The zero-order valence-electron chi connectivity index (χ0n) is 8.41. The first kappa shape index (κ1) is 12.4. The summed E-state index contributed by atoms with van der Waals surface area (Å²) in [6.45, 7) is 5.27. The molecule has 0 aliphatic heterocycles. The van der Waals surface area contributed by atoms with Gasteiger partial charge in [-0.15, -0.1) is 0 Å². The summed E-state index contributed by atoms with van der Waals surface area (Å²) < 4.78 is 9.88. The van der Waals surface area contributed by atoms with Crippen molar-refractivity contribution < 1.29 is 14.3 Å². The number of rotatable bonds is 7. The first-order chi connectivity index (χ1) is 6.20. The second kappa shape index (κ2) is 8.01. The minimum atomic E-state index is -0.242. The number of nitrogens with two attached hydrogens (primary N) is 1. The van der Waals surface area contributed by atoms with E-state index in [1.54, 1.807) is 0 Å². The summed E-state index contributed by atoms with van der Waals surface area (Å²) in [4.78, 5) is 11.0. The predicted molar refractivity (Wildman–Crippen MR) is 50.3 cm³/mol. The Kier molecular flexibility index (Phi) is 7.63. The molecule has 0 fully saturated rings. The summed E-state index contributed by atoms with van der Waals surface area (Å²) in [5.74, 6) is -0.242. The summed E-state index contributed by atoms with van der Waals surface area (Å²) in [6.07, 6.45) is 1.09. The van der Waals surface area contributed by atoms with Crippen molar-refractivity contribution in [2.45, 2.75) is 32.7 Å². The number of hydrogen-bond acceptors (Lipinski definition) is 4. The Hall–Kier alpha value is -0.610. The average Bonchev–Trinajstić information content (AvgIpc) is 2.12. The fraction of sp³-hybridized carbons (Fsp3) is 0.889. The van der Waals surface area contributed by atoms with E-state index >= 15 is 0 Å². The van der Waals surface area contributed by atoms with Gasteiger partial charge >= 0.3 is 5.97 Å². The minimum Gasteiger partial charge on any atom is -0.463 e. The molecule has 0 spiro atoms. The highest BCUT2D eigenvalue weighted by molar-refractivity contribution is 5.70. The van der Waals surface area contributed by atoms with Gasteiger partial charge in [-0.1, -0.05) is 6.92 Å². The van der Waals surface area contributed by atoms with E-state index in [4.69, 9.17) is 15.2 Å². The summed E-state index contributed by atoms with van der Waals surface area (Å²) in [5, 5.41) is 0. The lowest BCUT2D eigenvalue weighted by molar-refractivity contribution is -0.145. The second-order valence-corrected chi connectivity index (χ2v) is 2.79. The molecule has 4 heteroatoms. The maximum atomic E-state index is 11.0. The Morgan fingerprint density at radius 2 is 2.08 bits per heavy atom. The van der Waals surface area contributed by atoms with Crippen LogP contribution in [0.25, 0.3) is 0 Å². The van der Waals surface area contributed by atoms with E-state index in [1.807, 2.05) is 13.8 Å². The van der Waals surface area contributed by atoms with Gasteiger partial charge in [-0.3, -0.25) is 4.79 Å². The van der Waals surface area contributed by atoms with Crippen molar-refractivity contribution in [3.63, 3.8) is 0 Å². The topological polar surface area (TPSA) is 61.5 Å². The van der Waals surface area contributed by atoms with Gasteiger partial charge < -0.3 is 15.2 Å². The maximum Gasteiger partial charge on any atom is 0.307 e. The molecule has 0 saturated carbocycles. The molecule has 0 aromatic heterocycles. The van der Waals surface area contributed by atoms with E-state index in [1.165, 1.54) is 0 Å². The molecule has 0 amide bonds. The molecule has 2 N–H and O–H groups in total. The molecule has 0 aliphatic rings. The Bertz CT molecular complexity index is 139. The standard InChI is InChI=1S/C9H19NO3/c1-3-8(10)7-9(11)13-6-5-12-4-2/h8H,3-7,10H2,1-2H3. The fourth-order valence-electron chi connectivity index (χ4n) is 0.776. The molecule has 78 valence electrons. The molecule has 0 radical (unpaired) electrons. The van der Waals surface area contributed by atoms with Crippen LogP contribution in [0.1, 0.15) is 26.7 Å². The Balaban J connectivity index is 3.30. The van der Waals surface area contributed by atoms with Crippen molar-refractivity contribution in [3.8, 4) is 0 Å². The van der Waals surface area contributed by atoms with Gasteiger partial charge in [0.15, 0.2) is 0 Å². The van der Waals surface area contributed by atoms with Crippen LogP contribution < -0.4 is 5.73 Å². The van der Waals surface area contributed by atoms with Crippen LogP contribution in [0.15, 0.2) is 0 Å². The van der Waals surface area contributed by atoms with Crippen LogP contribution in [0.4, 0.5) is 0 Å². The van der Waals surface area contributed by atoms with Crippen molar-refractivity contribution in [2.24, 2.45) is 5.73 Å². The van der Waals surface area contributed by atoms with Gasteiger partial charge in [-0.2, -0.15) is 0 Å². The summed E-state index contributed by atoms with van der Waals surface area (Å²) in [6, 6.07) is -0.0837. The third-order valence-corrected chi connectivity index (χ3v) is 1.65. The van der Waals surface area contributed by atoms with Gasteiger partial charge in [0.1, 0.15) is 6.61 Å². The zero-order valence-corrected chi connectivity index (χ0v) is 8.41. The van der Waals surface area contributed by atoms with Gasteiger partial charge in [0.05, 0.1) is 13.0 Å². The number of carbonyl (C=O) groups excluding carboxylic acids is 1. The first-order valence-electron chi connectivity index (χ1n) is 4.69. The molecule has 0 aromatic rings. The van der Waals surface area contributed by atoms with Crippen molar-refractivity contribution in [3.05, 3.63) is 0 Å². The van der Waals surface area contributed by atoms with E-state index in [0.717, 1.165) is 6.42 Å². The van der Waals surface area contributed by atoms with Crippen molar-refractivity contribution in [2.75, 3.05) is 19.8 Å². The van der Waals surface area contributed by atoms with Crippen LogP contribution in [0.2, 0.25) is 0 Å². The first-order valence-corrected chi connectivity index (χ1v) is 4.69. The second-order valence-electron chi connectivity index (χ2n) is 2.79. The molecule has 0 rings (SSSR count). The van der Waals surface area contributed by atoms with Crippen LogP contribution in [-0.2, 0) is 14.3 Å². The number of carbonyl (C=O) groups is 1. The lowest BCUT2D eigenvalue weighted by Gasteiger charge is -2.08. The van der Waals surface area contributed by atoms with Gasteiger partial charge in [0.2, 0.25) is 0 Å². The Morgan fingerprint density at radius 1 is 1.38 bits per heavy atom. The van der Waals surface area contributed by atoms with E-state index in [2.05, 4.69) is 0 Å². The van der Waals surface area contributed by atoms with Gasteiger partial charge in [-0.05, 0) is 13.3 Å². The molecular weight excluding hydrogens is 170 g/mol. The molecule has 13 heavy (non-hydrogen) atoms. The highest BCUT2D eigenvalue weighted by Gasteiger charge is 2.07. The van der Waals surface area contributed by atoms with Crippen LogP contribution in [0, 0.1) is 0 Å². The third-order valence-electron chi connectivity index (χ3n) is 1.65. The van der Waals surface area contributed by atoms with Gasteiger partial charge in [-0.25, -0.2) is 0 Å². The highest BCUT2D eigenvalue weighted by atomic mass is 16.6. The Morgan fingerprint density at radius 3 is 2.62 bits per heavy atom. The van der Waals surface area contributed by atoms with Gasteiger partial charge in [0, 0.05) is 12.6 Å². The molecule has 1 unspecified atom stereocenters. The summed E-state index contributed by atoms with van der Waals surface area (Å²) in [7, 11) is 0. The van der Waals surface area contributed by atoms with Crippen molar-refractivity contribution in [1.29, 1.82) is 0 Å². The largest absolute Gasteiger partial charge is 0.463 e. The quantitative estimate of drug-likeness (QED) is 0.473. The van der Waals surface area contributed by atoms with Crippen LogP contribution >= 0.6 is 0 Å². The predicted octanol–water partition coefficient (Wildman–Crippen LogP) is 0.694. The molecule has 4 nitrogen and oxygen atoms in total. The normalized spacial score (nSPS) is 12.5. The van der Waals surface area contributed by atoms with E-state index in [0.29, 0.717) is 26.2 Å². The van der Waals surface area contributed by atoms with E-state index in [9.17, 15) is 4.79 Å². The summed E-state index contributed by atoms with van der Waals surface area (Å²) in [5.41, 5.74) is 5.57. The smallest absolute Gasteiger partial charge is 0.307 e. The Labute approximate surface area is 79.4 Å². The highest BCUT2D eigenvalue weighted by Crippen LogP contribution is 1.95. The number of esters is 1. The van der Waals surface area contributed by atoms with Crippen molar-refractivity contribution >= 4 is 5.97 Å². The molecule has 0 aliphatic carbocycles. The molecule has 0 heterocycles. The molecule has 0 aromatic carbocycles. The van der Waals surface area contributed by atoms with E-state index in [-0.39, 0.29) is 12.0 Å². The molecular formula is C9H19NO3. The van der Waals surface area contributed by atoms with Crippen LogP contribution in [-0.4, -0.2) is 31.8 Å². The van der Waals surface area contributed by atoms with Crippen LogP contribution in [0.5, 0.6) is 0 Å². The molecule has 1 atom stereocenters. The third kappa shape index (κ3) is 7.74. The summed E-state index contributed by atoms with van der Waals surface area (Å²) >= 11 is 0. The molecule has 0 saturated heterocycles. The van der Waals surface area contributed by atoms with Gasteiger partial charge in [0.25, 0.3) is 0 Å². The molecule has 0 bridgehead atoms. The average molecular weight is 189 g/mol. The number of ether oxygens (including phenoxy) is 2. The SMILES string of the molecule is CCOCCOC(=O)CC(N)CC. The van der Waals surface area contributed by atoms with E-state index < -0.39 is 0 Å². The maximum absolute atomic E-state index is 11.0. The lowest BCUT2D eigenvalue weighted by atomic mass is 10.2. The minimum absolute atomic E-state index is 0.0837. The number of hydrogen-bond donors (Lipinski definition) is 1. The monoisotopic (exact) mass is 189 g/mol. The van der Waals surface area contributed by atoms with Crippen LogP contribution in [0.3, 0.4) is 0 Å².